The minimum atomic E-state index is -1.09. The number of ether oxygens (including phenoxy) is 4. The molecule has 0 bridgehead atoms. The van der Waals surface area contributed by atoms with E-state index in [1.807, 2.05) is 99.6 Å². The summed E-state index contributed by atoms with van der Waals surface area (Å²) in [5, 5.41) is 11.1. The average molecular weight is 506 g/mol. The third-order valence-electron chi connectivity index (χ3n) is 6.39. The van der Waals surface area contributed by atoms with E-state index in [1.165, 1.54) is 4.90 Å². The average Bonchev–Trinajstić information content (AvgIpc) is 3.27. The van der Waals surface area contributed by atoms with E-state index in [0.29, 0.717) is 0 Å². The van der Waals surface area contributed by atoms with Crippen molar-refractivity contribution in [3.05, 3.63) is 95.6 Å². The first-order valence-corrected chi connectivity index (χ1v) is 12.3. The molecule has 0 spiro atoms. The molecule has 1 aliphatic heterocycles. The van der Waals surface area contributed by atoms with Crippen LogP contribution >= 0.6 is 0 Å². The molecule has 0 unspecified atom stereocenters. The fraction of sp³-hybridized carbons (Fsp3) is 0.367. The molecule has 1 N–H and O–H groups in total. The molecule has 0 aromatic heterocycles. The number of amides is 1. The fourth-order valence-corrected chi connectivity index (χ4v) is 4.60. The van der Waals surface area contributed by atoms with E-state index in [-0.39, 0.29) is 13.1 Å². The Morgan fingerprint density at radius 2 is 1.27 bits per heavy atom. The number of β-amino-alcohol motifs (C(OH)–C–C–N with tert-alkyl or cyclic N) is 1. The number of hydrogen-bond acceptors (Lipinski definition) is 6. The molecule has 0 radical (unpaired) electrons. The van der Waals surface area contributed by atoms with Gasteiger partial charge in [-0.1, -0.05) is 54.6 Å². The zero-order chi connectivity index (χ0) is 26.6. The highest BCUT2D eigenvalue weighted by atomic mass is 16.6. The summed E-state index contributed by atoms with van der Waals surface area (Å²) in [5.74, 6) is 1.44. The zero-order valence-electron chi connectivity index (χ0n) is 22.0. The quantitative estimate of drug-likeness (QED) is 0.456. The van der Waals surface area contributed by atoms with E-state index < -0.39 is 29.5 Å². The molecule has 7 nitrogen and oxygen atoms in total. The van der Waals surface area contributed by atoms with Crippen molar-refractivity contribution in [3.63, 3.8) is 0 Å². The molecule has 3 aromatic carbocycles. The minimum Gasteiger partial charge on any atom is -0.497 e. The molecular weight excluding hydrogens is 470 g/mol. The molecule has 0 saturated carbocycles. The number of hydrogen-bond donors (Lipinski definition) is 1. The Hall–Kier alpha value is -3.55. The first-order valence-electron chi connectivity index (χ1n) is 12.3. The molecule has 1 heterocycles. The highest BCUT2D eigenvalue weighted by Crippen LogP contribution is 2.43. The van der Waals surface area contributed by atoms with E-state index in [2.05, 4.69) is 0 Å². The van der Waals surface area contributed by atoms with Gasteiger partial charge in [0.05, 0.1) is 33.4 Å². The van der Waals surface area contributed by atoms with E-state index in [9.17, 15) is 9.90 Å². The minimum absolute atomic E-state index is 0.121. The van der Waals surface area contributed by atoms with Crippen molar-refractivity contribution in [1.82, 2.24) is 4.90 Å². The van der Waals surface area contributed by atoms with Crippen molar-refractivity contribution in [1.29, 1.82) is 0 Å². The lowest BCUT2D eigenvalue weighted by atomic mass is 9.79. The smallest absolute Gasteiger partial charge is 0.410 e. The third-order valence-corrected chi connectivity index (χ3v) is 6.39. The molecule has 1 fully saturated rings. The van der Waals surface area contributed by atoms with Gasteiger partial charge < -0.3 is 29.0 Å². The first kappa shape index (κ1) is 26.5. The van der Waals surface area contributed by atoms with Gasteiger partial charge in [0.2, 0.25) is 0 Å². The van der Waals surface area contributed by atoms with Gasteiger partial charge in [0.1, 0.15) is 28.8 Å². The second-order valence-electron chi connectivity index (χ2n) is 10.1. The molecule has 2 atom stereocenters. The van der Waals surface area contributed by atoms with Crippen molar-refractivity contribution in [3.8, 4) is 11.5 Å². The topological polar surface area (TPSA) is 77.5 Å². The molecule has 3 aromatic rings. The maximum Gasteiger partial charge on any atom is 0.410 e. The molecule has 196 valence electrons. The van der Waals surface area contributed by atoms with Gasteiger partial charge >= 0.3 is 6.09 Å². The fourth-order valence-electron chi connectivity index (χ4n) is 4.60. The van der Waals surface area contributed by atoms with Crippen LogP contribution in [0.2, 0.25) is 0 Å². The van der Waals surface area contributed by atoms with Crippen LogP contribution in [0, 0.1) is 0 Å². The van der Waals surface area contributed by atoms with Gasteiger partial charge in [0.15, 0.2) is 0 Å². The monoisotopic (exact) mass is 505 g/mol. The lowest BCUT2D eigenvalue weighted by Crippen LogP contribution is -2.41. The van der Waals surface area contributed by atoms with Crippen LogP contribution in [-0.4, -0.2) is 61.2 Å². The summed E-state index contributed by atoms with van der Waals surface area (Å²) < 4.78 is 23.3. The van der Waals surface area contributed by atoms with Crippen molar-refractivity contribution in [2.75, 3.05) is 27.3 Å². The zero-order valence-corrected chi connectivity index (χ0v) is 22.0. The largest absolute Gasteiger partial charge is 0.497 e. The summed E-state index contributed by atoms with van der Waals surface area (Å²) in [5.41, 5.74) is 0.865. The van der Waals surface area contributed by atoms with Gasteiger partial charge in [-0.05, 0) is 61.7 Å². The number of benzene rings is 3. The number of rotatable bonds is 7. The maximum absolute atomic E-state index is 12.8. The number of carbonyl (C=O) groups excluding carboxylic acids is 1. The predicted molar refractivity (Wildman–Crippen MR) is 141 cm³/mol. The van der Waals surface area contributed by atoms with Crippen LogP contribution < -0.4 is 9.47 Å². The van der Waals surface area contributed by atoms with Gasteiger partial charge in [-0.15, -0.1) is 0 Å². The number of aliphatic hydroxyl groups is 1. The number of nitrogens with zero attached hydrogens (tertiary/aromatic N) is 1. The lowest BCUT2D eigenvalue weighted by Gasteiger charge is -2.39. The lowest BCUT2D eigenvalue weighted by molar-refractivity contribution is -0.0817. The van der Waals surface area contributed by atoms with Crippen LogP contribution in [-0.2, 0) is 15.1 Å². The van der Waals surface area contributed by atoms with Crippen molar-refractivity contribution >= 4 is 6.09 Å². The Labute approximate surface area is 218 Å². The normalized spacial score (nSPS) is 17.9. The summed E-state index contributed by atoms with van der Waals surface area (Å²) in [6.07, 6.45) is -2.04. The van der Waals surface area contributed by atoms with Crippen molar-refractivity contribution in [2.24, 2.45) is 0 Å². The van der Waals surface area contributed by atoms with Crippen LogP contribution in [0.3, 0.4) is 0 Å². The maximum atomic E-state index is 12.8. The van der Waals surface area contributed by atoms with E-state index in [1.54, 1.807) is 14.2 Å². The number of aliphatic hydroxyl groups excluding tert-OH is 1. The van der Waals surface area contributed by atoms with Crippen molar-refractivity contribution < 1.29 is 28.8 Å². The second kappa shape index (κ2) is 10.8. The Morgan fingerprint density at radius 1 is 0.784 bits per heavy atom. The van der Waals surface area contributed by atoms with Crippen LogP contribution in [0.5, 0.6) is 11.5 Å². The van der Waals surface area contributed by atoms with Gasteiger partial charge in [0.25, 0.3) is 0 Å². The van der Waals surface area contributed by atoms with Crippen LogP contribution in [0.15, 0.2) is 78.9 Å². The van der Waals surface area contributed by atoms with E-state index >= 15 is 0 Å². The summed E-state index contributed by atoms with van der Waals surface area (Å²) in [7, 11) is 3.25. The summed E-state index contributed by atoms with van der Waals surface area (Å²) >= 11 is 0. The number of likely N-dealkylation sites (tertiary alicyclic amines) is 1. The second-order valence-corrected chi connectivity index (χ2v) is 10.1. The van der Waals surface area contributed by atoms with Gasteiger partial charge in [-0.25, -0.2) is 4.79 Å². The van der Waals surface area contributed by atoms with Crippen LogP contribution in [0.1, 0.15) is 37.5 Å². The highest BCUT2D eigenvalue weighted by Gasteiger charge is 2.45. The molecule has 1 amide bonds. The Bertz CT molecular complexity index is 1120. The predicted octanol–water partition coefficient (Wildman–Crippen LogP) is 4.99. The van der Waals surface area contributed by atoms with Gasteiger partial charge in [0, 0.05) is 0 Å². The SMILES string of the molecule is COc1ccc(C(O[C@@H]2CN(C(=O)OC(C)(C)C)C[C@@H]2O)(c2ccccc2)c2ccc(OC)cc2)cc1. The molecule has 37 heavy (non-hydrogen) atoms. The van der Waals surface area contributed by atoms with Crippen LogP contribution in [0.25, 0.3) is 0 Å². The number of carbonyl (C=O) groups is 1. The van der Waals surface area contributed by atoms with Crippen molar-refractivity contribution in [2.45, 2.75) is 44.2 Å². The Kier molecular flexibility index (Phi) is 7.76. The molecule has 1 saturated heterocycles. The summed E-state index contributed by atoms with van der Waals surface area (Å²) in [6, 6.07) is 25.3. The van der Waals surface area contributed by atoms with Crippen LogP contribution in [0.4, 0.5) is 4.79 Å². The molecule has 0 aliphatic carbocycles. The van der Waals surface area contributed by atoms with Gasteiger partial charge in [-0.3, -0.25) is 0 Å². The first-order chi connectivity index (χ1) is 17.7. The Morgan fingerprint density at radius 3 is 1.73 bits per heavy atom. The highest BCUT2D eigenvalue weighted by molar-refractivity contribution is 5.68. The standard InChI is InChI=1S/C30H35NO6/c1-29(2,3)37-28(33)31-19-26(32)27(20-31)36-30(21-9-7-6-8-10-21,22-11-15-24(34-4)16-12-22)23-13-17-25(35-5)18-14-23/h6-18,26-27,32H,19-20H2,1-5H3/t26-,27+/m0/s1. The summed E-state index contributed by atoms with van der Waals surface area (Å²) in [4.78, 5) is 14.3. The molecular formula is C30H35NO6. The van der Waals surface area contributed by atoms with Gasteiger partial charge in [-0.2, -0.15) is 0 Å². The van der Waals surface area contributed by atoms with E-state index in [0.717, 1.165) is 28.2 Å². The molecule has 4 rings (SSSR count). The molecule has 7 heteroatoms. The number of methoxy groups -OCH3 is 2. The third kappa shape index (κ3) is 5.73. The summed E-state index contributed by atoms with van der Waals surface area (Å²) in [6.45, 7) is 5.77. The van der Waals surface area contributed by atoms with E-state index in [4.69, 9.17) is 18.9 Å². The molecule has 1 aliphatic rings. The Balaban J connectivity index is 1.81.